The number of ether oxygens (including phenoxy) is 2. The number of halogens is 1. The monoisotopic (exact) mass is 267 g/mol. The Morgan fingerprint density at radius 3 is 2.78 bits per heavy atom. The molecule has 4 heteroatoms. The second-order valence-electron chi connectivity index (χ2n) is 4.97. The molecule has 2 aliphatic heterocycles. The molecule has 2 heterocycles. The number of benzene rings is 1. The number of fused-ring (bicyclic) bond motifs is 1. The highest BCUT2D eigenvalue weighted by molar-refractivity contribution is 6.32. The van der Waals surface area contributed by atoms with Crippen molar-refractivity contribution in [2.24, 2.45) is 0 Å². The van der Waals surface area contributed by atoms with E-state index in [4.69, 9.17) is 21.1 Å². The first-order valence-electron chi connectivity index (χ1n) is 6.56. The van der Waals surface area contributed by atoms with Crippen molar-refractivity contribution in [1.29, 1.82) is 0 Å². The van der Waals surface area contributed by atoms with Crippen LogP contribution in [0.1, 0.15) is 29.9 Å². The molecule has 1 aromatic rings. The van der Waals surface area contributed by atoms with E-state index in [1.165, 1.54) is 24.0 Å². The molecule has 2 aliphatic rings. The predicted molar refractivity (Wildman–Crippen MR) is 72.0 cm³/mol. The van der Waals surface area contributed by atoms with Gasteiger partial charge >= 0.3 is 0 Å². The minimum Gasteiger partial charge on any atom is -0.486 e. The van der Waals surface area contributed by atoms with Gasteiger partial charge in [-0.1, -0.05) is 11.6 Å². The third kappa shape index (κ3) is 2.06. The van der Waals surface area contributed by atoms with Crippen LogP contribution in [-0.2, 0) is 0 Å². The maximum Gasteiger partial charge on any atom is 0.180 e. The van der Waals surface area contributed by atoms with E-state index in [1.807, 2.05) is 0 Å². The second kappa shape index (κ2) is 4.98. The molecule has 1 fully saturated rings. The highest BCUT2D eigenvalue weighted by atomic mass is 35.5. The van der Waals surface area contributed by atoms with Crippen molar-refractivity contribution < 1.29 is 9.47 Å². The number of hydrogen-bond donors (Lipinski definition) is 1. The zero-order valence-electron chi connectivity index (χ0n) is 10.6. The molecule has 0 radical (unpaired) electrons. The standard InChI is InChI=1S/C14H18ClNO2/c1-9-11(10-3-2-4-16-8-10)7-12(15)14-13(9)17-5-6-18-14/h7,10,16H,2-6,8H2,1H3. The first-order valence-corrected chi connectivity index (χ1v) is 6.94. The molecule has 0 spiro atoms. The minimum atomic E-state index is 0.534. The molecule has 1 unspecified atom stereocenters. The Morgan fingerprint density at radius 1 is 1.28 bits per heavy atom. The summed E-state index contributed by atoms with van der Waals surface area (Å²) in [5.41, 5.74) is 2.49. The van der Waals surface area contributed by atoms with Crippen LogP contribution in [0.5, 0.6) is 11.5 Å². The number of nitrogens with one attached hydrogen (secondary N) is 1. The summed E-state index contributed by atoms with van der Waals surface area (Å²) in [5, 5.41) is 4.12. The summed E-state index contributed by atoms with van der Waals surface area (Å²) in [7, 11) is 0. The van der Waals surface area contributed by atoms with Crippen LogP contribution in [0.2, 0.25) is 5.02 Å². The molecule has 0 saturated carbocycles. The van der Waals surface area contributed by atoms with Crippen molar-refractivity contribution in [3.05, 3.63) is 22.2 Å². The quantitative estimate of drug-likeness (QED) is 0.849. The minimum absolute atomic E-state index is 0.534. The van der Waals surface area contributed by atoms with Crippen molar-refractivity contribution in [3.63, 3.8) is 0 Å². The van der Waals surface area contributed by atoms with Crippen LogP contribution in [-0.4, -0.2) is 26.3 Å². The molecule has 3 nitrogen and oxygen atoms in total. The van der Waals surface area contributed by atoms with Crippen molar-refractivity contribution in [1.82, 2.24) is 5.32 Å². The SMILES string of the molecule is Cc1c(C2CCCNC2)cc(Cl)c2c1OCCO2. The van der Waals surface area contributed by atoms with Crippen LogP contribution in [0.3, 0.4) is 0 Å². The Hall–Kier alpha value is -0.930. The Morgan fingerprint density at radius 2 is 2.06 bits per heavy atom. The molecule has 0 aliphatic carbocycles. The number of piperidine rings is 1. The zero-order valence-corrected chi connectivity index (χ0v) is 11.3. The van der Waals surface area contributed by atoms with E-state index in [1.54, 1.807) is 0 Å². The first-order chi connectivity index (χ1) is 8.77. The molecule has 0 bridgehead atoms. The Labute approximate surface area is 112 Å². The smallest absolute Gasteiger partial charge is 0.180 e. The van der Waals surface area contributed by atoms with Gasteiger partial charge in [-0.25, -0.2) is 0 Å². The average Bonchev–Trinajstić information content (AvgIpc) is 2.44. The maximum atomic E-state index is 6.31. The molecule has 98 valence electrons. The van der Waals surface area contributed by atoms with Gasteiger partial charge in [0.25, 0.3) is 0 Å². The van der Waals surface area contributed by atoms with Gasteiger partial charge in [0.1, 0.15) is 13.2 Å². The number of rotatable bonds is 1. The molecule has 1 aromatic carbocycles. The largest absolute Gasteiger partial charge is 0.486 e. The van der Waals surface area contributed by atoms with Crippen LogP contribution >= 0.6 is 11.6 Å². The Balaban J connectivity index is 2.01. The molecule has 0 amide bonds. The van der Waals surface area contributed by atoms with E-state index in [9.17, 15) is 0 Å². The fourth-order valence-corrected chi connectivity index (χ4v) is 3.12. The van der Waals surface area contributed by atoms with Gasteiger partial charge in [-0.05, 0) is 49.4 Å². The van der Waals surface area contributed by atoms with Gasteiger partial charge in [-0.15, -0.1) is 0 Å². The van der Waals surface area contributed by atoms with E-state index >= 15 is 0 Å². The first kappa shape index (κ1) is 12.1. The van der Waals surface area contributed by atoms with E-state index in [2.05, 4.69) is 18.3 Å². The van der Waals surface area contributed by atoms with Crippen molar-refractivity contribution >= 4 is 11.6 Å². The van der Waals surface area contributed by atoms with Gasteiger partial charge in [0, 0.05) is 6.54 Å². The van der Waals surface area contributed by atoms with E-state index in [0.717, 1.165) is 18.8 Å². The summed E-state index contributed by atoms with van der Waals surface area (Å²) < 4.78 is 11.3. The van der Waals surface area contributed by atoms with Gasteiger partial charge in [-0.3, -0.25) is 0 Å². The second-order valence-corrected chi connectivity index (χ2v) is 5.38. The van der Waals surface area contributed by atoms with Crippen molar-refractivity contribution in [3.8, 4) is 11.5 Å². The fraction of sp³-hybridized carbons (Fsp3) is 0.571. The van der Waals surface area contributed by atoms with Gasteiger partial charge in [0.2, 0.25) is 0 Å². The molecular weight excluding hydrogens is 250 g/mol. The fourth-order valence-electron chi connectivity index (χ4n) is 2.86. The molecule has 0 aromatic heterocycles. The van der Waals surface area contributed by atoms with Crippen LogP contribution in [0, 0.1) is 6.92 Å². The summed E-state index contributed by atoms with van der Waals surface area (Å²) in [4.78, 5) is 0. The lowest BCUT2D eigenvalue weighted by atomic mass is 9.88. The molecule has 1 saturated heterocycles. The highest BCUT2D eigenvalue weighted by Gasteiger charge is 2.25. The average molecular weight is 268 g/mol. The van der Waals surface area contributed by atoms with Crippen LogP contribution < -0.4 is 14.8 Å². The highest BCUT2D eigenvalue weighted by Crippen LogP contribution is 2.44. The molecule has 3 rings (SSSR count). The van der Waals surface area contributed by atoms with Crippen molar-refractivity contribution in [2.75, 3.05) is 26.3 Å². The van der Waals surface area contributed by atoms with Crippen LogP contribution in [0.4, 0.5) is 0 Å². The van der Waals surface area contributed by atoms with Gasteiger partial charge in [0.15, 0.2) is 11.5 Å². The van der Waals surface area contributed by atoms with Gasteiger partial charge < -0.3 is 14.8 Å². The van der Waals surface area contributed by atoms with E-state index in [-0.39, 0.29) is 0 Å². The lowest BCUT2D eigenvalue weighted by Crippen LogP contribution is -2.29. The van der Waals surface area contributed by atoms with Crippen molar-refractivity contribution in [2.45, 2.75) is 25.7 Å². The Kier molecular flexibility index (Phi) is 3.35. The lowest BCUT2D eigenvalue weighted by molar-refractivity contribution is 0.170. The van der Waals surface area contributed by atoms with Crippen LogP contribution in [0.25, 0.3) is 0 Å². The predicted octanol–water partition coefficient (Wildman–Crippen LogP) is 2.89. The third-order valence-electron chi connectivity index (χ3n) is 3.79. The summed E-state index contributed by atoms with van der Waals surface area (Å²) in [5.74, 6) is 2.09. The zero-order chi connectivity index (χ0) is 12.5. The number of hydrogen-bond acceptors (Lipinski definition) is 3. The lowest BCUT2D eigenvalue weighted by Gasteiger charge is -2.28. The third-order valence-corrected chi connectivity index (χ3v) is 4.07. The topological polar surface area (TPSA) is 30.5 Å². The van der Waals surface area contributed by atoms with Gasteiger partial charge in [-0.2, -0.15) is 0 Å². The summed E-state index contributed by atoms with van der Waals surface area (Å²) in [6.07, 6.45) is 2.43. The molecule has 1 atom stereocenters. The molecule has 18 heavy (non-hydrogen) atoms. The maximum absolute atomic E-state index is 6.31. The normalized spacial score (nSPS) is 22.9. The van der Waals surface area contributed by atoms with Gasteiger partial charge in [0.05, 0.1) is 5.02 Å². The van der Waals surface area contributed by atoms with E-state index < -0.39 is 0 Å². The van der Waals surface area contributed by atoms with Crippen LogP contribution in [0.15, 0.2) is 6.07 Å². The summed E-state index contributed by atoms with van der Waals surface area (Å²) in [6.45, 7) is 5.44. The molecular formula is C14H18ClNO2. The Bertz CT molecular complexity index is 456. The van der Waals surface area contributed by atoms with E-state index in [0.29, 0.717) is 29.9 Å². The summed E-state index contributed by atoms with van der Waals surface area (Å²) >= 11 is 6.31. The molecule has 1 N–H and O–H groups in total. The summed E-state index contributed by atoms with van der Waals surface area (Å²) in [6, 6.07) is 2.06.